The van der Waals surface area contributed by atoms with Crippen LogP contribution in [0.15, 0.2) is 66.7 Å². The number of carboxylic acid groups (broad SMARTS) is 1. The minimum absolute atomic E-state index is 0.00648. The Hall–Kier alpha value is -5.46. The number of ether oxygens (including phenoxy) is 2. The smallest absolute Gasteiger partial charge is 0.408 e. The number of benzene rings is 2. The van der Waals surface area contributed by atoms with Gasteiger partial charge in [-0.05, 0) is 70.7 Å². The zero-order chi connectivity index (χ0) is 36.6. The Balaban J connectivity index is 1.23. The van der Waals surface area contributed by atoms with Crippen LogP contribution in [0.4, 0.5) is 4.79 Å². The van der Waals surface area contributed by atoms with Crippen molar-refractivity contribution in [2.24, 2.45) is 5.92 Å². The van der Waals surface area contributed by atoms with Crippen LogP contribution >= 0.6 is 0 Å². The molecule has 4 heterocycles. The largest absolute Gasteiger partial charge is 0.479 e. The van der Waals surface area contributed by atoms with Gasteiger partial charge in [-0.15, -0.1) is 0 Å². The first-order valence-corrected chi connectivity index (χ1v) is 17.9. The summed E-state index contributed by atoms with van der Waals surface area (Å²) in [5.74, 6) is -2.32. The number of allylic oxidation sites excluding steroid dienone is 1. The fourth-order valence-electron chi connectivity index (χ4n) is 7.20. The Labute approximate surface area is 301 Å². The molecule has 1 saturated heterocycles. The lowest BCUT2D eigenvalue weighted by Crippen LogP contribution is -2.56. The second-order valence-corrected chi connectivity index (χ2v) is 15.0. The Kier molecular flexibility index (Phi) is 9.36. The number of rotatable bonds is 5. The minimum Gasteiger partial charge on any atom is -0.479 e. The predicted molar refractivity (Wildman–Crippen MR) is 193 cm³/mol. The van der Waals surface area contributed by atoms with Gasteiger partial charge in [0.15, 0.2) is 0 Å². The Morgan fingerprint density at radius 3 is 2.52 bits per heavy atom. The molecule has 2 aromatic carbocycles. The lowest BCUT2D eigenvalue weighted by Gasteiger charge is -2.30. The number of aromatic nitrogens is 3. The van der Waals surface area contributed by atoms with Gasteiger partial charge in [-0.25, -0.2) is 19.6 Å². The maximum Gasteiger partial charge on any atom is 0.408 e. The average molecular weight is 709 g/mol. The molecule has 13 heteroatoms. The molecule has 272 valence electrons. The van der Waals surface area contributed by atoms with Crippen molar-refractivity contribution < 1.29 is 33.8 Å². The van der Waals surface area contributed by atoms with Gasteiger partial charge in [0.1, 0.15) is 35.0 Å². The quantitative estimate of drug-likeness (QED) is 0.195. The van der Waals surface area contributed by atoms with E-state index < -0.39 is 53.2 Å². The Morgan fingerprint density at radius 1 is 1.02 bits per heavy atom. The molecule has 0 spiro atoms. The fourth-order valence-corrected chi connectivity index (χ4v) is 7.20. The number of carbonyl (C=O) groups is 4. The topological polar surface area (TPSA) is 176 Å². The molecule has 52 heavy (non-hydrogen) atoms. The fraction of sp³-hybridized carbons (Fsp3) is 0.436. The predicted octanol–water partition coefficient (Wildman–Crippen LogP) is 5.50. The van der Waals surface area contributed by atoms with Gasteiger partial charge in [0.2, 0.25) is 17.7 Å². The summed E-state index contributed by atoms with van der Waals surface area (Å²) in [5, 5.41) is 16.8. The summed E-state index contributed by atoms with van der Waals surface area (Å²) in [5.41, 5.74) is 1.10. The first kappa shape index (κ1) is 35.0. The van der Waals surface area contributed by atoms with Crippen molar-refractivity contribution in [3.8, 4) is 17.3 Å². The number of hydrogen-bond donors (Lipinski definition) is 4. The molecule has 4 aromatic rings. The minimum atomic E-state index is -1.46. The second-order valence-electron chi connectivity index (χ2n) is 15.0. The summed E-state index contributed by atoms with van der Waals surface area (Å²) in [6, 6.07) is 15.2. The van der Waals surface area contributed by atoms with Gasteiger partial charge in [0, 0.05) is 23.2 Å². The van der Waals surface area contributed by atoms with Crippen LogP contribution in [0.5, 0.6) is 5.88 Å². The van der Waals surface area contributed by atoms with Crippen molar-refractivity contribution in [1.82, 2.24) is 30.5 Å². The molecular weight excluding hydrogens is 664 g/mol. The first-order valence-electron chi connectivity index (χ1n) is 17.9. The highest BCUT2D eigenvalue weighted by atomic mass is 16.6. The van der Waals surface area contributed by atoms with Gasteiger partial charge in [0.05, 0.1) is 23.3 Å². The molecule has 3 aliphatic rings. The van der Waals surface area contributed by atoms with E-state index in [9.17, 15) is 24.3 Å². The van der Waals surface area contributed by atoms with E-state index in [0.29, 0.717) is 35.3 Å². The summed E-state index contributed by atoms with van der Waals surface area (Å²) in [7, 11) is 0. The normalized spacial score (nSPS) is 26.0. The number of alkyl carbamates (subject to hydrolysis) is 1. The van der Waals surface area contributed by atoms with Crippen LogP contribution in [0.1, 0.15) is 65.7 Å². The van der Waals surface area contributed by atoms with Crippen molar-refractivity contribution in [2.45, 2.75) is 95.0 Å². The molecule has 7 rings (SSSR count). The van der Waals surface area contributed by atoms with Crippen molar-refractivity contribution in [3.63, 3.8) is 0 Å². The lowest BCUT2D eigenvalue weighted by atomic mass is 10.0. The lowest BCUT2D eigenvalue weighted by molar-refractivity contribution is -0.145. The number of carbonyl (C=O) groups excluding carboxylic acids is 3. The van der Waals surface area contributed by atoms with Crippen LogP contribution < -0.4 is 15.4 Å². The molecule has 0 bridgehead atoms. The molecule has 1 saturated carbocycles. The molecule has 3 amide bonds. The third kappa shape index (κ3) is 7.30. The van der Waals surface area contributed by atoms with Crippen LogP contribution in [-0.2, 0) is 19.1 Å². The van der Waals surface area contributed by atoms with E-state index in [-0.39, 0.29) is 31.2 Å². The zero-order valence-corrected chi connectivity index (χ0v) is 29.6. The van der Waals surface area contributed by atoms with Crippen molar-refractivity contribution in [3.05, 3.63) is 66.7 Å². The number of H-pyrrole nitrogens is 1. The van der Waals surface area contributed by atoms with Gasteiger partial charge in [-0.3, -0.25) is 9.59 Å². The monoisotopic (exact) mass is 708 g/mol. The number of hydrogen-bond acceptors (Lipinski definition) is 8. The summed E-state index contributed by atoms with van der Waals surface area (Å²) in [6.07, 6.45) is 6.05. The SMILES string of the molecule is CC(C)(C)OC(=O)N[C@H]1CCCCC/C=C\[C@H]2C[C@@]2(C(=O)O)NC(=O)[C@@H]2C[C@@H](Oc3nc4ccccc4nc3-c3cc4ccccc4[nH]3)CN2C1=O. The Bertz CT molecular complexity index is 2020. The van der Waals surface area contributed by atoms with Gasteiger partial charge < -0.3 is 35.1 Å². The number of fused-ring (bicyclic) bond motifs is 4. The van der Waals surface area contributed by atoms with E-state index in [4.69, 9.17) is 19.4 Å². The number of nitrogens with one attached hydrogen (secondary N) is 3. The number of para-hydroxylation sites is 3. The molecule has 4 N–H and O–H groups in total. The van der Waals surface area contributed by atoms with E-state index in [1.54, 1.807) is 20.8 Å². The van der Waals surface area contributed by atoms with E-state index in [2.05, 4.69) is 15.6 Å². The van der Waals surface area contributed by atoms with E-state index >= 15 is 0 Å². The molecular formula is C39H44N6O7. The zero-order valence-electron chi connectivity index (χ0n) is 29.6. The number of aromatic amines is 1. The molecule has 0 unspecified atom stereocenters. The van der Waals surface area contributed by atoms with Gasteiger partial charge in [-0.2, -0.15) is 0 Å². The standard InChI is InChI=1S/C39H44N6O7/c1-38(2,3)52-37(50)43-29-18-8-6-4-5-7-14-24-21-39(24,36(48)49)44-33(46)31-20-25(22-45(31)35(29)47)51-34-32(41-27-16-11-12-17-28(27)42-34)30-19-23-13-9-10-15-26(23)40-30/h7,9-17,19,24-25,29,31,40H,4-6,8,18,20-22H2,1-3H3,(H,43,50)(H,44,46)(H,48,49)/b14-7-/t24-,25+,29-,31-,39+/m0/s1. The van der Waals surface area contributed by atoms with Crippen molar-refractivity contribution in [1.29, 1.82) is 0 Å². The average Bonchev–Trinajstić information content (AvgIpc) is 3.40. The van der Waals surface area contributed by atoms with E-state index in [1.165, 1.54) is 4.90 Å². The number of amides is 3. The Morgan fingerprint density at radius 2 is 1.77 bits per heavy atom. The van der Waals surface area contributed by atoms with Crippen LogP contribution in [0, 0.1) is 5.92 Å². The molecule has 1 aliphatic carbocycles. The van der Waals surface area contributed by atoms with Gasteiger partial charge in [0.25, 0.3) is 0 Å². The van der Waals surface area contributed by atoms with Gasteiger partial charge >= 0.3 is 12.1 Å². The van der Waals surface area contributed by atoms with E-state index in [1.807, 2.05) is 66.7 Å². The summed E-state index contributed by atoms with van der Waals surface area (Å²) >= 11 is 0. The van der Waals surface area contributed by atoms with Crippen LogP contribution in [-0.4, -0.2) is 84.7 Å². The third-order valence-corrected chi connectivity index (χ3v) is 9.91. The molecule has 5 atom stereocenters. The van der Waals surface area contributed by atoms with Crippen molar-refractivity contribution in [2.75, 3.05) is 6.54 Å². The highest BCUT2D eigenvalue weighted by Crippen LogP contribution is 2.45. The highest BCUT2D eigenvalue weighted by molar-refractivity contribution is 5.96. The second kappa shape index (κ2) is 13.9. The summed E-state index contributed by atoms with van der Waals surface area (Å²) in [6.45, 7) is 5.21. The molecule has 2 aliphatic heterocycles. The van der Waals surface area contributed by atoms with E-state index in [0.717, 1.165) is 30.2 Å². The number of aliphatic carboxylic acids is 1. The summed E-state index contributed by atoms with van der Waals surface area (Å²) < 4.78 is 12.1. The molecule has 2 aromatic heterocycles. The number of carboxylic acids is 1. The van der Waals surface area contributed by atoms with Crippen LogP contribution in [0.25, 0.3) is 33.3 Å². The summed E-state index contributed by atoms with van der Waals surface area (Å²) in [4.78, 5) is 68.6. The first-order chi connectivity index (χ1) is 24.9. The maximum atomic E-state index is 14.4. The maximum absolute atomic E-state index is 14.4. The third-order valence-electron chi connectivity index (χ3n) is 9.91. The van der Waals surface area contributed by atoms with Crippen LogP contribution in [0.3, 0.4) is 0 Å². The number of nitrogens with zero attached hydrogens (tertiary/aromatic N) is 3. The highest BCUT2D eigenvalue weighted by Gasteiger charge is 2.61. The molecule has 2 fully saturated rings. The van der Waals surface area contributed by atoms with Crippen molar-refractivity contribution >= 4 is 45.8 Å². The van der Waals surface area contributed by atoms with Gasteiger partial charge in [-0.1, -0.05) is 55.3 Å². The molecule has 0 radical (unpaired) electrons. The van der Waals surface area contributed by atoms with Crippen LogP contribution in [0.2, 0.25) is 0 Å². The molecule has 13 nitrogen and oxygen atoms in total.